The number of aryl methyl sites for hydroxylation is 3. The number of nitrogens with one attached hydrogen (secondary N) is 2. The molecule has 0 aliphatic carbocycles. The van der Waals surface area contributed by atoms with Crippen LogP contribution >= 0.6 is 46.7 Å². The molecule has 0 radical (unpaired) electrons. The Morgan fingerprint density at radius 2 is 1.92 bits per heavy atom. The third-order valence-electron chi connectivity index (χ3n) is 3.30. The van der Waals surface area contributed by atoms with E-state index >= 15 is 0 Å². The van der Waals surface area contributed by atoms with Gasteiger partial charge < -0.3 is 10.6 Å². The van der Waals surface area contributed by atoms with Crippen LogP contribution in [0.15, 0.2) is 16.6 Å². The van der Waals surface area contributed by atoms with Crippen molar-refractivity contribution < 1.29 is 0 Å². The summed E-state index contributed by atoms with van der Waals surface area (Å²) in [6.45, 7) is 5.91. The molecule has 2 aromatic heterocycles. The van der Waals surface area contributed by atoms with Crippen LogP contribution in [-0.4, -0.2) is 36.1 Å². The fraction of sp³-hybridized carbons (Fsp3) is 0.562. The van der Waals surface area contributed by atoms with Crippen molar-refractivity contribution in [1.82, 2.24) is 20.6 Å². The third-order valence-corrected chi connectivity index (χ3v) is 5.30. The number of unbranched alkanes of at least 4 members (excludes halogenated alkanes) is 1. The number of hydrogen-bond donors (Lipinski definition) is 2. The molecule has 8 heteroatoms. The van der Waals surface area contributed by atoms with E-state index in [4.69, 9.17) is 0 Å². The maximum absolute atomic E-state index is 4.49. The van der Waals surface area contributed by atoms with Crippen molar-refractivity contribution in [3.8, 4) is 0 Å². The van der Waals surface area contributed by atoms with Gasteiger partial charge in [-0.2, -0.15) is 0 Å². The maximum Gasteiger partial charge on any atom is 0.190 e. The molecule has 2 aromatic rings. The van der Waals surface area contributed by atoms with Crippen LogP contribution in [0, 0.1) is 13.8 Å². The lowest BCUT2D eigenvalue weighted by Crippen LogP contribution is -2.38. The molecule has 0 bridgehead atoms. The van der Waals surface area contributed by atoms with Crippen LogP contribution in [0.25, 0.3) is 0 Å². The Kier molecular flexibility index (Phi) is 10.4. The Labute approximate surface area is 169 Å². The average Bonchev–Trinajstić information content (AvgIpc) is 3.13. The second-order valence-electron chi connectivity index (χ2n) is 5.38. The molecule has 134 valence electrons. The van der Waals surface area contributed by atoms with Gasteiger partial charge in [0.2, 0.25) is 0 Å². The number of nitrogens with zero attached hydrogens (tertiary/aromatic N) is 3. The van der Waals surface area contributed by atoms with E-state index in [-0.39, 0.29) is 24.0 Å². The minimum atomic E-state index is 0. The van der Waals surface area contributed by atoms with Gasteiger partial charge in [-0.1, -0.05) is 0 Å². The molecule has 0 aromatic carbocycles. The number of thiazole rings is 2. The topological polar surface area (TPSA) is 62.2 Å². The highest BCUT2D eigenvalue weighted by molar-refractivity contribution is 14.0. The molecule has 0 saturated carbocycles. The molecule has 0 aliphatic heterocycles. The van der Waals surface area contributed by atoms with Crippen LogP contribution in [0.5, 0.6) is 0 Å². The highest BCUT2D eigenvalue weighted by atomic mass is 127. The molecule has 2 heterocycles. The first kappa shape index (κ1) is 21.3. The zero-order valence-electron chi connectivity index (χ0n) is 14.5. The van der Waals surface area contributed by atoms with E-state index in [1.807, 2.05) is 13.1 Å². The minimum absolute atomic E-state index is 0. The number of hydrogen-bond acceptors (Lipinski definition) is 5. The lowest BCUT2D eigenvalue weighted by atomic mass is 10.2. The summed E-state index contributed by atoms with van der Waals surface area (Å²) in [6.07, 6.45) is 6.19. The monoisotopic (exact) mass is 479 g/mol. The van der Waals surface area contributed by atoms with Crippen molar-refractivity contribution in [3.63, 3.8) is 0 Å². The molecular weight excluding hydrogens is 453 g/mol. The highest BCUT2D eigenvalue weighted by Gasteiger charge is 2.02. The summed E-state index contributed by atoms with van der Waals surface area (Å²) >= 11 is 3.51. The van der Waals surface area contributed by atoms with Crippen molar-refractivity contribution in [2.75, 3.05) is 20.1 Å². The fourth-order valence-corrected chi connectivity index (χ4v) is 3.76. The first-order valence-corrected chi connectivity index (χ1v) is 9.64. The predicted molar refractivity (Wildman–Crippen MR) is 115 cm³/mol. The van der Waals surface area contributed by atoms with Crippen LogP contribution in [-0.2, 0) is 12.8 Å². The van der Waals surface area contributed by atoms with Gasteiger partial charge in [0.05, 0.1) is 10.0 Å². The number of aromatic nitrogens is 2. The Morgan fingerprint density at radius 1 is 1.12 bits per heavy atom. The fourth-order valence-electron chi connectivity index (χ4n) is 2.15. The van der Waals surface area contributed by atoms with Crippen LogP contribution < -0.4 is 10.6 Å². The zero-order valence-corrected chi connectivity index (χ0v) is 18.4. The molecule has 0 aliphatic rings. The maximum atomic E-state index is 4.49. The number of rotatable bonds is 8. The zero-order chi connectivity index (χ0) is 16.5. The Bertz CT molecular complexity index is 624. The highest BCUT2D eigenvalue weighted by Crippen LogP contribution is 2.12. The van der Waals surface area contributed by atoms with Crippen LogP contribution in [0.3, 0.4) is 0 Å². The third kappa shape index (κ3) is 7.89. The van der Waals surface area contributed by atoms with E-state index in [9.17, 15) is 0 Å². The molecule has 24 heavy (non-hydrogen) atoms. The normalized spacial score (nSPS) is 11.2. The van der Waals surface area contributed by atoms with Gasteiger partial charge in [-0.3, -0.25) is 4.99 Å². The Hall–Kier alpha value is -0.740. The molecule has 2 rings (SSSR count). The van der Waals surface area contributed by atoms with Crippen molar-refractivity contribution >= 4 is 52.6 Å². The second kappa shape index (κ2) is 11.8. The molecule has 0 spiro atoms. The van der Waals surface area contributed by atoms with Gasteiger partial charge in [0, 0.05) is 48.7 Å². The first-order valence-electron chi connectivity index (χ1n) is 7.94. The van der Waals surface area contributed by atoms with Crippen molar-refractivity contribution in [1.29, 1.82) is 0 Å². The van der Waals surface area contributed by atoms with Gasteiger partial charge in [-0.15, -0.1) is 46.7 Å². The lowest BCUT2D eigenvalue weighted by Gasteiger charge is -2.11. The second-order valence-corrected chi connectivity index (χ2v) is 7.64. The minimum Gasteiger partial charge on any atom is -0.356 e. The molecule has 0 saturated heterocycles. The standard InChI is InChI=1S/C16H25N5S2.HI/c1-12-11-22-15(21-12)6-4-5-8-18-16(17-3)19-9-7-14-20-10-13(2)23-14;/h10-11H,4-9H2,1-3H3,(H2,17,18,19);1H. The summed E-state index contributed by atoms with van der Waals surface area (Å²) in [4.78, 5) is 14.4. The van der Waals surface area contributed by atoms with Crippen molar-refractivity contribution in [3.05, 3.63) is 32.2 Å². The SMILES string of the molecule is CN=C(NCCCCc1nc(C)cs1)NCCc1ncc(C)s1.I. The summed E-state index contributed by atoms with van der Waals surface area (Å²) in [7, 11) is 1.81. The quantitative estimate of drug-likeness (QED) is 0.263. The summed E-state index contributed by atoms with van der Waals surface area (Å²) in [6, 6.07) is 0. The van der Waals surface area contributed by atoms with Gasteiger partial charge in [0.25, 0.3) is 0 Å². The Balaban J connectivity index is 0.00000288. The molecule has 0 fully saturated rings. The number of halogens is 1. The molecule has 0 amide bonds. The van der Waals surface area contributed by atoms with Gasteiger partial charge in [-0.05, 0) is 33.1 Å². The van der Waals surface area contributed by atoms with Crippen molar-refractivity contribution in [2.45, 2.75) is 39.5 Å². The van der Waals surface area contributed by atoms with Crippen LogP contribution in [0.2, 0.25) is 0 Å². The summed E-state index contributed by atoms with van der Waals surface area (Å²) < 4.78 is 0. The summed E-state index contributed by atoms with van der Waals surface area (Å²) in [5.41, 5.74) is 1.13. The number of aliphatic imine (C=N–C) groups is 1. The molecule has 0 unspecified atom stereocenters. The van der Waals surface area contributed by atoms with Gasteiger partial charge in [0.1, 0.15) is 0 Å². The van der Waals surface area contributed by atoms with E-state index in [2.05, 4.69) is 37.9 Å². The molecule has 5 nitrogen and oxygen atoms in total. The predicted octanol–water partition coefficient (Wildman–Crippen LogP) is 3.56. The average molecular weight is 479 g/mol. The summed E-state index contributed by atoms with van der Waals surface area (Å²) in [5, 5.41) is 11.2. The van der Waals surface area contributed by atoms with E-state index < -0.39 is 0 Å². The van der Waals surface area contributed by atoms with Crippen LogP contribution in [0.1, 0.15) is 33.4 Å². The van der Waals surface area contributed by atoms with E-state index in [0.29, 0.717) is 0 Å². The van der Waals surface area contributed by atoms with Gasteiger partial charge >= 0.3 is 0 Å². The summed E-state index contributed by atoms with van der Waals surface area (Å²) in [5.74, 6) is 0.864. The van der Waals surface area contributed by atoms with E-state index in [1.54, 1.807) is 29.7 Å². The van der Waals surface area contributed by atoms with Crippen molar-refractivity contribution in [2.24, 2.45) is 4.99 Å². The van der Waals surface area contributed by atoms with Crippen LogP contribution in [0.4, 0.5) is 0 Å². The smallest absolute Gasteiger partial charge is 0.190 e. The molecular formula is C16H26IN5S2. The molecule has 2 N–H and O–H groups in total. The largest absolute Gasteiger partial charge is 0.356 e. The van der Waals surface area contributed by atoms with Gasteiger partial charge in [0.15, 0.2) is 5.96 Å². The Morgan fingerprint density at radius 3 is 2.54 bits per heavy atom. The lowest BCUT2D eigenvalue weighted by molar-refractivity contribution is 0.691. The molecule has 0 atom stereocenters. The van der Waals surface area contributed by atoms with E-state index in [1.165, 1.54) is 14.9 Å². The number of guanidine groups is 1. The van der Waals surface area contributed by atoms with E-state index in [0.717, 1.165) is 50.4 Å². The van der Waals surface area contributed by atoms with Gasteiger partial charge in [-0.25, -0.2) is 9.97 Å². The first-order chi connectivity index (χ1) is 11.2.